The maximum absolute atomic E-state index is 12.5. The first-order valence-corrected chi connectivity index (χ1v) is 8.59. The summed E-state index contributed by atoms with van der Waals surface area (Å²) in [5.74, 6) is 1.73. The molecule has 1 aliphatic heterocycles. The molecule has 2 aliphatic rings. The molecule has 4 heteroatoms. The zero-order valence-electron chi connectivity index (χ0n) is 13.6. The van der Waals surface area contributed by atoms with Gasteiger partial charge in [-0.3, -0.25) is 4.79 Å². The predicted octanol–water partition coefficient (Wildman–Crippen LogP) is 2.74. The molecule has 0 radical (unpaired) electrons. The van der Waals surface area contributed by atoms with Crippen LogP contribution >= 0.6 is 0 Å². The average molecular weight is 309 g/mol. The minimum atomic E-state index is 0.192. The summed E-state index contributed by atoms with van der Waals surface area (Å²) in [6.07, 6.45) is 6.84. The smallest absolute Gasteiger partial charge is 0.220 e. The van der Waals surface area contributed by atoms with Crippen molar-refractivity contribution >= 4 is 5.91 Å². The van der Waals surface area contributed by atoms with Crippen LogP contribution in [0.15, 0.2) is 30.5 Å². The molecular weight excluding hydrogens is 286 g/mol. The van der Waals surface area contributed by atoms with Gasteiger partial charge in [-0.15, -0.1) is 0 Å². The van der Waals surface area contributed by atoms with Crippen molar-refractivity contribution in [3.8, 4) is 0 Å². The molecule has 2 atom stereocenters. The molecule has 2 heterocycles. The first-order valence-electron chi connectivity index (χ1n) is 8.59. The summed E-state index contributed by atoms with van der Waals surface area (Å²) < 4.78 is 2.19. The number of nitrogens with one attached hydrogen (secondary N) is 1. The number of carbonyl (C=O) groups is 1. The molecule has 0 saturated heterocycles. The summed E-state index contributed by atoms with van der Waals surface area (Å²) >= 11 is 0. The van der Waals surface area contributed by atoms with Crippen LogP contribution < -0.4 is 5.32 Å². The van der Waals surface area contributed by atoms with Gasteiger partial charge in [0.15, 0.2) is 0 Å². The number of amides is 1. The van der Waals surface area contributed by atoms with Gasteiger partial charge in [0.05, 0.1) is 5.69 Å². The number of hydrogen-bond acceptors (Lipinski definition) is 2. The number of rotatable bonds is 3. The molecular formula is C19H23N3O. The van der Waals surface area contributed by atoms with Crippen LogP contribution in [0.3, 0.4) is 0 Å². The fraction of sp³-hybridized carbons (Fsp3) is 0.474. The fourth-order valence-corrected chi connectivity index (χ4v) is 4.07. The number of benzene rings is 1. The van der Waals surface area contributed by atoms with Crippen molar-refractivity contribution in [3.05, 3.63) is 53.1 Å². The summed E-state index contributed by atoms with van der Waals surface area (Å²) in [4.78, 5) is 17.0. The standard InChI is InChI=1S/C19H23N3O/c1-13-11-22-12-16(8-9-18(22)20-13)21-19(23)10-15-7-6-14-4-2-3-5-17(14)15/h2-5,11,15-16H,6-10,12H2,1H3,(H,21,23)/t15-,16-/m1/s1. The monoisotopic (exact) mass is 309 g/mol. The maximum Gasteiger partial charge on any atom is 0.220 e. The third-order valence-corrected chi connectivity index (χ3v) is 5.17. The summed E-state index contributed by atoms with van der Waals surface area (Å²) in [7, 11) is 0. The largest absolute Gasteiger partial charge is 0.352 e. The second-order valence-electron chi connectivity index (χ2n) is 6.89. The highest BCUT2D eigenvalue weighted by Gasteiger charge is 2.26. The molecule has 1 aliphatic carbocycles. The minimum absolute atomic E-state index is 0.192. The molecule has 23 heavy (non-hydrogen) atoms. The number of nitrogens with zero attached hydrogens (tertiary/aromatic N) is 2. The highest BCUT2D eigenvalue weighted by atomic mass is 16.1. The zero-order chi connectivity index (χ0) is 15.8. The lowest BCUT2D eigenvalue weighted by Crippen LogP contribution is -2.41. The van der Waals surface area contributed by atoms with Gasteiger partial charge in [-0.2, -0.15) is 0 Å². The number of aryl methyl sites for hydroxylation is 3. The van der Waals surface area contributed by atoms with Crippen molar-refractivity contribution in [1.82, 2.24) is 14.9 Å². The van der Waals surface area contributed by atoms with Gasteiger partial charge in [0.1, 0.15) is 5.82 Å². The molecule has 4 rings (SSSR count). The number of hydrogen-bond donors (Lipinski definition) is 1. The van der Waals surface area contributed by atoms with E-state index in [4.69, 9.17) is 0 Å². The van der Waals surface area contributed by atoms with Crippen LogP contribution in [0.25, 0.3) is 0 Å². The Hall–Kier alpha value is -2.10. The van der Waals surface area contributed by atoms with Gasteiger partial charge in [-0.05, 0) is 43.2 Å². The van der Waals surface area contributed by atoms with Gasteiger partial charge in [-0.1, -0.05) is 24.3 Å². The first kappa shape index (κ1) is 14.5. The normalized spacial score (nSPS) is 22.5. The third-order valence-electron chi connectivity index (χ3n) is 5.17. The van der Waals surface area contributed by atoms with Gasteiger partial charge >= 0.3 is 0 Å². The van der Waals surface area contributed by atoms with Crippen molar-refractivity contribution in [1.29, 1.82) is 0 Å². The molecule has 0 bridgehead atoms. The molecule has 0 saturated carbocycles. The highest BCUT2D eigenvalue weighted by Crippen LogP contribution is 2.35. The lowest BCUT2D eigenvalue weighted by atomic mass is 9.97. The lowest BCUT2D eigenvalue weighted by molar-refractivity contribution is -0.122. The second-order valence-corrected chi connectivity index (χ2v) is 6.89. The van der Waals surface area contributed by atoms with Crippen molar-refractivity contribution in [2.45, 2.75) is 57.5 Å². The summed E-state index contributed by atoms with van der Waals surface area (Å²) in [5, 5.41) is 3.24. The molecule has 120 valence electrons. The molecule has 0 spiro atoms. The van der Waals surface area contributed by atoms with Crippen LogP contribution in [0.1, 0.15) is 47.8 Å². The maximum atomic E-state index is 12.5. The van der Waals surface area contributed by atoms with E-state index in [9.17, 15) is 4.79 Å². The van der Waals surface area contributed by atoms with E-state index < -0.39 is 0 Å². The summed E-state index contributed by atoms with van der Waals surface area (Å²) in [6.45, 7) is 2.87. The molecule has 1 aromatic carbocycles. The van der Waals surface area contributed by atoms with E-state index in [1.165, 1.54) is 11.1 Å². The molecule has 1 amide bonds. The van der Waals surface area contributed by atoms with E-state index in [0.29, 0.717) is 12.3 Å². The van der Waals surface area contributed by atoms with Crippen LogP contribution in [-0.2, 0) is 24.2 Å². The van der Waals surface area contributed by atoms with Crippen LogP contribution in [0.5, 0.6) is 0 Å². The number of carbonyl (C=O) groups excluding carboxylic acids is 1. The van der Waals surface area contributed by atoms with E-state index in [1.54, 1.807) is 0 Å². The highest BCUT2D eigenvalue weighted by molar-refractivity contribution is 5.77. The van der Waals surface area contributed by atoms with Gasteiger partial charge in [-0.25, -0.2) is 4.98 Å². The Morgan fingerprint density at radius 2 is 2.17 bits per heavy atom. The molecule has 1 aromatic heterocycles. The second kappa shape index (κ2) is 5.84. The Morgan fingerprint density at radius 3 is 3.09 bits per heavy atom. The van der Waals surface area contributed by atoms with Crippen molar-refractivity contribution < 1.29 is 4.79 Å². The number of imidazole rings is 1. The van der Waals surface area contributed by atoms with Crippen LogP contribution in [0.2, 0.25) is 0 Å². The minimum Gasteiger partial charge on any atom is -0.352 e. The Kier molecular flexibility index (Phi) is 3.68. The first-order chi connectivity index (χ1) is 11.2. The zero-order valence-corrected chi connectivity index (χ0v) is 13.6. The fourth-order valence-electron chi connectivity index (χ4n) is 4.07. The molecule has 1 N–H and O–H groups in total. The SMILES string of the molecule is Cc1cn2c(n1)CC[C@@H](NC(=O)C[C@H]1CCc3ccccc31)C2. The van der Waals surface area contributed by atoms with Gasteiger partial charge < -0.3 is 9.88 Å². The van der Waals surface area contributed by atoms with E-state index in [0.717, 1.165) is 43.7 Å². The van der Waals surface area contributed by atoms with Crippen molar-refractivity contribution in [2.75, 3.05) is 0 Å². The Balaban J connectivity index is 1.36. The number of aromatic nitrogens is 2. The van der Waals surface area contributed by atoms with E-state index in [2.05, 4.69) is 45.3 Å². The van der Waals surface area contributed by atoms with Crippen molar-refractivity contribution in [2.24, 2.45) is 0 Å². The van der Waals surface area contributed by atoms with E-state index >= 15 is 0 Å². The number of fused-ring (bicyclic) bond motifs is 2. The van der Waals surface area contributed by atoms with Gasteiger partial charge in [0, 0.05) is 31.6 Å². The van der Waals surface area contributed by atoms with E-state index in [-0.39, 0.29) is 11.9 Å². The Morgan fingerprint density at radius 1 is 1.30 bits per heavy atom. The van der Waals surface area contributed by atoms with Crippen LogP contribution in [0, 0.1) is 6.92 Å². The van der Waals surface area contributed by atoms with Crippen LogP contribution in [0.4, 0.5) is 0 Å². The Labute approximate surface area is 136 Å². The lowest BCUT2D eigenvalue weighted by Gasteiger charge is -2.25. The predicted molar refractivity (Wildman–Crippen MR) is 89.3 cm³/mol. The Bertz CT molecular complexity index is 734. The molecule has 0 fully saturated rings. The average Bonchev–Trinajstić information content (AvgIpc) is 3.10. The molecule has 0 unspecified atom stereocenters. The molecule has 4 nitrogen and oxygen atoms in total. The van der Waals surface area contributed by atoms with Crippen molar-refractivity contribution in [3.63, 3.8) is 0 Å². The van der Waals surface area contributed by atoms with E-state index in [1.807, 2.05) is 6.92 Å². The third kappa shape index (κ3) is 2.90. The topological polar surface area (TPSA) is 46.9 Å². The van der Waals surface area contributed by atoms with Gasteiger partial charge in [0.25, 0.3) is 0 Å². The van der Waals surface area contributed by atoms with Gasteiger partial charge in [0.2, 0.25) is 5.91 Å². The molecule has 2 aromatic rings. The summed E-state index contributed by atoms with van der Waals surface area (Å²) in [5.41, 5.74) is 3.86. The quantitative estimate of drug-likeness (QED) is 0.947. The summed E-state index contributed by atoms with van der Waals surface area (Å²) in [6, 6.07) is 8.78. The van der Waals surface area contributed by atoms with Crippen LogP contribution in [-0.4, -0.2) is 21.5 Å².